The summed E-state index contributed by atoms with van der Waals surface area (Å²) in [6.07, 6.45) is 3.25. The van der Waals surface area contributed by atoms with Gasteiger partial charge in [-0.05, 0) is 61.7 Å². The molecule has 0 saturated carbocycles. The molecule has 0 radical (unpaired) electrons. The molecule has 0 aliphatic carbocycles. The first-order valence-corrected chi connectivity index (χ1v) is 11.9. The number of carbonyl (C=O) groups excluding carboxylic acids is 1. The van der Waals surface area contributed by atoms with Gasteiger partial charge in [-0.3, -0.25) is 9.10 Å². The minimum atomic E-state index is -3.90. The average Bonchev–Trinajstić information content (AvgIpc) is 2.78. The summed E-state index contributed by atoms with van der Waals surface area (Å²) in [7, 11) is -3.90. The van der Waals surface area contributed by atoms with Crippen LogP contribution in [0.15, 0.2) is 83.8 Å². The van der Waals surface area contributed by atoms with Gasteiger partial charge in [0.25, 0.3) is 10.0 Å². The van der Waals surface area contributed by atoms with Crippen LogP contribution in [0, 0.1) is 6.92 Å². The SMILES string of the molecule is CCCCc1ccc(NC(=O)CN(c2ccc(C)cc2)S(=O)(=O)c2ccccc2)cc1. The van der Waals surface area contributed by atoms with Crippen molar-refractivity contribution in [2.75, 3.05) is 16.2 Å². The Balaban J connectivity index is 1.81. The second-order valence-electron chi connectivity index (χ2n) is 7.51. The Morgan fingerprint density at radius 1 is 0.903 bits per heavy atom. The summed E-state index contributed by atoms with van der Waals surface area (Å²) in [5, 5.41) is 2.82. The van der Waals surface area contributed by atoms with Crippen molar-refractivity contribution in [2.24, 2.45) is 0 Å². The van der Waals surface area contributed by atoms with Crippen molar-refractivity contribution in [2.45, 2.75) is 38.0 Å². The van der Waals surface area contributed by atoms with Crippen LogP contribution in [0.5, 0.6) is 0 Å². The van der Waals surface area contributed by atoms with E-state index < -0.39 is 15.9 Å². The number of sulfonamides is 1. The number of benzene rings is 3. The van der Waals surface area contributed by atoms with E-state index in [1.54, 1.807) is 30.3 Å². The predicted octanol–water partition coefficient (Wildman–Crippen LogP) is 5.17. The molecule has 0 heterocycles. The Morgan fingerprint density at radius 2 is 1.55 bits per heavy atom. The molecular formula is C25H28N2O3S. The van der Waals surface area contributed by atoms with Gasteiger partial charge < -0.3 is 5.32 Å². The summed E-state index contributed by atoms with van der Waals surface area (Å²) in [6, 6.07) is 22.9. The number of hydrogen-bond donors (Lipinski definition) is 1. The molecule has 0 aromatic heterocycles. The van der Waals surface area contributed by atoms with Crippen LogP contribution in [-0.4, -0.2) is 20.9 Å². The van der Waals surface area contributed by atoms with Gasteiger partial charge in [0, 0.05) is 5.69 Å². The van der Waals surface area contributed by atoms with E-state index in [9.17, 15) is 13.2 Å². The number of nitrogens with zero attached hydrogens (tertiary/aromatic N) is 1. The maximum absolute atomic E-state index is 13.3. The number of unbranched alkanes of at least 4 members (excludes halogenated alkanes) is 1. The van der Waals surface area contributed by atoms with Crippen molar-refractivity contribution >= 4 is 27.3 Å². The lowest BCUT2D eigenvalue weighted by atomic mass is 10.1. The smallest absolute Gasteiger partial charge is 0.264 e. The van der Waals surface area contributed by atoms with Crippen LogP contribution in [0.4, 0.5) is 11.4 Å². The van der Waals surface area contributed by atoms with Crippen LogP contribution in [0.1, 0.15) is 30.9 Å². The molecular weight excluding hydrogens is 408 g/mol. The second-order valence-corrected chi connectivity index (χ2v) is 9.37. The van der Waals surface area contributed by atoms with Crippen molar-refractivity contribution in [1.82, 2.24) is 0 Å². The van der Waals surface area contributed by atoms with Crippen molar-refractivity contribution in [3.8, 4) is 0 Å². The summed E-state index contributed by atoms with van der Waals surface area (Å²) in [4.78, 5) is 12.9. The van der Waals surface area contributed by atoms with Crippen molar-refractivity contribution in [1.29, 1.82) is 0 Å². The largest absolute Gasteiger partial charge is 0.325 e. The number of rotatable bonds is 9. The number of anilines is 2. The molecule has 0 spiro atoms. The third kappa shape index (κ3) is 5.95. The van der Waals surface area contributed by atoms with Gasteiger partial charge in [-0.25, -0.2) is 8.42 Å². The molecule has 1 N–H and O–H groups in total. The van der Waals surface area contributed by atoms with Crippen LogP contribution >= 0.6 is 0 Å². The highest BCUT2D eigenvalue weighted by Gasteiger charge is 2.27. The quantitative estimate of drug-likeness (QED) is 0.503. The first-order chi connectivity index (χ1) is 14.9. The first-order valence-electron chi connectivity index (χ1n) is 10.4. The fourth-order valence-corrected chi connectivity index (χ4v) is 4.65. The van der Waals surface area contributed by atoms with Gasteiger partial charge in [-0.2, -0.15) is 0 Å². The van der Waals surface area contributed by atoms with Crippen LogP contribution < -0.4 is 9.62 Å². The van der Waals surface area contributed by atoms with Crippen LogP contribution in [-0.2, 0) is 21.2 Å². The Morgan fingerprint density at radius 3 is 2.16 bits per heavy atom. The zero-order valence-corrected chi connectivity index (χ0v) is 18.7. The lowest BCUT2D eigenvalue weighted by molar-refractivity contribution is -0.114. The zero-order valence-electron chi connectivity index (χ0n) is 17.9. The van der Waals surface area contributed by atoms with Gasteiger partial charge in [-0.1, -0.05) is 61.4 Å². The Bertz CT molecular complexity index is 1090. The summed E-state index contributed by atoms with van der Waals surface area (Å²) in [5.41, 5.74) is 3.31. The molecule has 162 valence electrons. The molecule has 3 rings (SSSR count). The summed E-state index contributed by atoms with van der Waals surface area (Å²) in [5.74, 6) is -0.401. The molecule has 6 heteroatoms. The molecule has 1 amide bonds. The van der Waals surface area contributed by atoms with Gasteiger partial charge in [0.15, 0.2) is 0 Å². The van der Waals surface area contributed by atoms with Gasteiger partial charge in [-0.15, -0.1) is 0 Å². The van der Waals surface area contributed by atoms with Crippen molar-refractivity contribution in [3.63, 3.8) is 0 Å². The lowest BCUT2D eigenvalue weighted by Crippen LogP contribution is -2.38. The molecule has 0 aliphatic rings. The summed E-state index contributed by atoms with van der Waals surface area (Å²) in [6.45, 7) is 3.76. The van der Waals surface area contributed by atoms with E-state index in [2.05, 4.69) is 12.2 Å². The molecule has 0 atom stereocenters. The van der Waals surface area contributed by atoms with Gasteiger partial charge in [0.1, 0.15) is 6.54 Å². The topological polar surface area (TPSA) is 66.5 Å². The molecule has 5 nitrogen and oxygen atoms in total. The minimum absolute atomic E-state index is 0.142. The highest BCUT2D eigenvalue weighted by Crippen LogP contribution is 2.24. The van der Waals surface area contributed by atoms with Crippen molar-refractivity contribution in [3.05, 3.63) is 90.0 Å². The highest BCUT2D eigenvalue weighted by molar-refractivity contribution is 7.92. The fraction of sp³-hybridized carbons (Fsp3) is 0.240. The Hall–Kier alpha value is -3.12. The first kappa shape index (κ1) is 22.6. The molecule has 0 bridgehead atoms. The lowest BCUT2D eigenvalue weighted by Gasteiger charge is -2.24. The Kier molecular flexibility index (Phi) is 7.47. The minimum Gasteiger partial charge on any atom is -0.325 e. The third-order valence-electron chi connectivity index (χ3n) is 5.00. The van der Waals surface area contributed by atoms with E-state index >= 15 is 0 Å². The molecule has 3 aromatic rings. The monoisotopic (exact) mass is 436 g/mol. The number of hydrogen-bond acceptors (Lipinski definition) is 3. The molecule has 0 saturated heterocycles. The molecule has 0 unspecified atom stereocenters. The van der Waals surface area contributed by atoms with Gasteiger partial charge in [0.2, 0.25) is 5.91 Å². The number of aryl methyl sites for hydroxylation is 2. The fourth-order valence-electron chi connectivity index (χ4n) is 3.21. The van der Waals surface area contributed by atoms with Crippen LogP contribution in [0.3, 0.4) is 0 Å². The Labute approximate surface area is 184 Å². The predicted molar refractivity (Wildman–Crippen MR) is 126 cm³/mol. The van der Waals surface area contributed by atoms with Crippen LogP contribution in [0.2, 0.25) is 0 Å². The van der Waals surface area contributed by atoms with E-state index in [0.717, 1.165) is 29.1 Å². The van der Waals surface area contributed by atoms with Gasteiger partial charge in [0.05, 0.1) is 10.6 Å². The maximum atomic E-state index is 13.3. The van der Waals surface area contributed by atoms with Crippen molar-refractivity contribution < 1.29 is 13.2 Å². The second kappa shape index (κ2) is 10.3. The van der Waals surface area contributed by atoms with Gasteiger partial charge >= 0.3 is 0 Å². The maximum Gasteiger partial charge on any atom is 0.264 e. The van der Waals surface area contributed by atoms with E-state index in [1.807, 2.05) is 43.3 Å². The number of carbonyl (C=O) groups is 1. The molecule has 0 fully saturated rings. The van der Waals surface area contributed by atoms with E-state index in [4.69, 9.17) is 0 Å². The summed E-state index contributed by atoms with van der Waals surface area (Å²) < 4.78 is 27.7. The summed E-state index contributed by atoms with van der Waals surface area (Å²) >= 11 is 0. The number of nitrogens with one attached hydrogen (secondary N) is 1. The highest BCUT2D eigenvalue weighted by atomic mass is 32.2. The zero-order chi connectivity index (χ0) is 22.3. The average molecular weight is 437 g/mol. The number of amides is 1. The van der Waals surface area contributed by atoms with E-state index in [1.165, 1.54) is 17.7 Å². The molecule has 31 heavy (non-hydrogen) atoms. The van der Waals surface area contributed by atoms with E-state index in [-0.39, 0.29) is 11.4 Å². The van der Waals surface area contributed by atoms with E-state index in [0.29, 0.717) is 11.4 Å². The third-order valence-corrected chi connectivity index (χ3v) is 6.79. The molecule has 0 aliphatic heterocycles. The van der Waals surface area contributed by atoms with Crippen LogP contribution in [0.25, 0.3) is 0 Å². The molecule has 3 aromatic carbocycles. The normalized spacial score (nSPS) is 11.2. The standard InChI is InChI=1S/C25H28N2O3S/c1-3-4-8-21-13-15-22(16-14-21)26-25(28)19-27(23-17-11-20(2)12-18-23)31(29,30)24-9-6-5-7-10-24/h5-7,9-18H,3-4,8,19H2,1-2H3,(H,26,28).